The molecule has 9 nitrogen and oxygen atoms in total. The molecule has 198 valence electrons. The summed E-state index contributed by atoms with van der Waals surface area (Å²) in [6.45, 7) is 1.54. The summed E-state index contributed by atoms with van der Waals surface area (Å²) in [6, 6.07) is 25.9. The lowest BCUT2D eigenvalue weighted by molar-refractivity contribution is -0.117. The van der Waals surface area contributed by atoms with Gasteiger partial charge in [0.25, 0.3) is 5.91 Å². The van der Waals surface area contributed by atoms with E-state index in [1.807, 2.05) is 60.7 Å². The van der Waals surface area contributed by atoms with Crippen molar-refractivity contribution in [2.24, 2.45) is 0 Å². The minimum absolute atomic E-state index is 0.119. The number of aromatic nitrogens is 2. The number of carboxylic acid groups (broad SMARTS) is 1. The molecule has 0 aliphatic heterocycles. The Kier molecular flexibility index (Phi) is 7.19. The van der Waals surface area contributed by atoms with Crippen LogP contribution in [0.3, 0.4) is 0 Å². The van der Waals surface area contributed by atoms with Crippen LogP contribution >= 0.6 is 0 Å². The number of hydrogen-bond acceptors (Lipinski definition) is 5. The average Bonchev–Trinajstić information content (AvgIpc) is 2.98. The van der Waals surface area contributed by atoms with Gasteiger partial charge in [0.05, 0.1) is 11.4 Å². The Morgan fingerprint density at radius 3 is 2.02 bits per heavy atom. The molecule has 3 aromatic carbocycles. The Morgan fingerprint density at radius 2 is 1.45 bits per heavy atom. The summed E-state index contributed by atoms with van der Waals surface area (Å²) < 4.78 is 0. The van der Waals surface area contributed by atoms with Gasteiger partial charge in [-0.3, -0.25) is 14.4 Å². The molecular weight excluding hydrogens is 508 g/mol. The molecule has 0 aliphatic carbocycles. The van der Waals surface area contributed by atoms with Crippen LogP contribution in [0.2, 0.25) is 0 Å². The highest BCUT2D eigenvalue weighted by molar-refractivity contribution is 6.02. The molecule has 0 saturated carbocycles. The fourth-order valence-electron chi connectivity index (χ4n) is 4.23. The highest BCUT2D eigenvalue weighted by Gasteiger charge is 2.19. The number of carbonyl (C=O) groups is 3. The number of rotatable bonds is 7. The highest BCUT2D eigenvalue weighted by atomic mass is 16.4. The zero-order valence-electron chi connectivity index (χ0n) is 21.3. The number of aromatic carboxylic acids is 1. The lowest BCUT2D eigenvalue weighted by Crippen LogP contribution is -2.41. The molecule has 0 fully saturated rings. The molecule has 0 spiro atoms. The van der Waals surface area contributed by atoms with Crippen molar-refractivity contribution in [1.29, 1.82) is 0 Å². The van der Waals surface area contributed by atoms with E-state index in [0.29, 0.717) is 22.5 Å². The van der Waals surface area contributed by atoms with Gasteiger partial charge in [0.1, 0.15) is 11.6 Å². The number of nitrogens with one attached hydrogen (secondary N) is 3. The normalized spacial score (nSPS) is 11.5. The molecule has 4 N–H and O–H groups in total. The maximum atomic E-state index is 13.3. The Labute approximate surface area is 228 Å². The smallest absolute Gasteiger partial charge is 0.341 e. The average molecular weight is 533 g/mol. The lowest BCUT2D eigenvalue weighted by atomic mass is 10.0. The fraction of sp³-hybridized carbons (Fsp3) is 0.0645. The van der Waals surface area contributed by atoms with Crippen molar-refractivity contribution in [3.8, 4) is 22.5 Å². The summed E-state index contributed by atoms with van der Waals surface area (Å²) in [4.78, 5) is 57.6. The van der Waals surface area contributed by atoms with E-state index in [1.165, 1.54) is 6.07 Å². The molecule has 0 bridgehead atoms. The summed E-state index contributed by atoms with van der Waals surface area (Å²) in [5, 5.41) is 14.7. The number of hydrogen-bond donors (Lipinski definition) is 4. The second kappa shape index (κ2) is 11.0. The Balaban J connectivity index is 1.38. The van der Waals surface area contributed by atoms with Crippen molar-refractivity contribution in [3.63, 3.8) is 0 Å². The van der Waals surface area contributed by atoms with E-state index in [-0.39, 0.29) is 11.1 Å². The molecule has 0 aliphatic rings. The van der Waals surface area contributed by atoms with E-state index in [0.717, 1.165) is 17.3 Å². The van der Waals surface area contributed by atoms with E-state index in [1.54, 1.807) is 31.2 Å². The summed E-state index contributed by atoms with van der Waals surface area (Å²) in [5.41, 5.74) is 2.90. The number of carbonyl (C=O) groups excluding carboxylic acids is 2. The maximum absolute atomic E-state index is 13.3. The van der Waals surface area contributed by atoms with Crippen LogP contribution in [0, 0.1) is 0 Å². The van der Waals surface area contributed by atoms with Crippen molar-refractivity contribution in [1.82, 2.24) is 15.3 Å². The zero-order valence-corrected chi connectivity index (χ0v) is 21.3. The molecule has 5 rings (SSSR count). The number of nitrogens with zero attached hydrogens (tertiary/aromatic N) is 1. The molecule has 2 amide bonds. The predicted octanol–water partition coefficient (Wildman–Crippen LogP) is 4.71. The van der Waals surface area contributed by atoms with Gasteiger partial charge in [0, 0.05) is 39.5 Å². The minimum atomic E-state index is -1.35. The topological polar surface area (TPSA) is 141 Å². The van der Waals surface area contributed by atoms with Gasteiger partial charge in [0.15, 0.2) is 0 Å². The predicted molar refractivity (Wildman–Crippen MR) is 152 cm³/mol. The largest absolute Gasteiger partial charge is 0.477 e. The van der Waals surface area contributed by atoms with E-state index < -0.39 is 34.8 Å². The quantitative estimate of drug-likeness (QED) is 0.239. The van der Waals surface area contributed by atoms with E-state index in [9.17, 15) is 24.3 Å². The van der Waals surface area contributed by atoms with Crippen LogP contribution in [0.5, 0.6) is 0 Å². The van der Waals surface area contributed by atoms with Crippen LogP contribution in [0.15, 0.2) is 102 Å². The third-order valence-corrected chi connectivity index (χ3v) is 6.35. The third kappa shape index (κ3) is 5.48. The van der Waals surface area contributed by atoms with Crippen LogP contribution in [-0.2, 0) is 4.79 Å². The summed E-state index contributed by atoms with van der Waals surface area (Å²) in [5.74, 6) is -2.32. The molecule has 2 aromatic heterocycles. The molecule has 0 radical (unpaired) electrons. The van der Waals surface area contributed by atoms with Gasteiger partial charge in [-0.2, -0.15) is 0 Å². The number of pyridine rings is 2. The molecule has 40 heavy (non-hydrogen) atoms. The number of fused-ring (bicyclic) bond motifs is 1. The first-order valence-corrected chi connectivity index (χ1v) is 12.4. The molecule has 2 heterocycles. The lowest BCUT2D eigenvalue weighted by Gasteiger charge is -2.16. The highest BCUT2D eigenvalue weighted by Crippen LogP contribution is 2.25. The van der Waals surface area contributed by atoms with Crippen LogP contribution in [0.1, 0.15) is 27.6 Å². The maximum Gasteiger partial charge on any atom is 0.341 e. The van der Waals surface area contributed by atoms with Crippen LogP contribution < -0.4 is 16.1 Å². The van der Waals surface area contributed by atoms with Crippen molar-refractivity contribution in [2.45, 2.75) is 13.0 Å². The minimum Gasteiger partial charge on any atom is -0.477 e. The first kappa shape index (κ1) is 26.1. The molecule has 9 heteroatoms. The summed E-state index contributed by atoms with van der Waals surface area (Å²) >= 11 is 0. The third-order valence-electron chi connectivity index (χ3n) is 6.35. The fourth-order valence-corrected chi connectivity index (χ4v) is 4.23. The van der Waals surface area contributed by atoms with Gasteiger partial charge < -0.3 is 20.7 Å². The van der Waals surface area contributed by atoms with Gasteiger partial charge in [-0.05, 0) is 37.3 Å². The van der Waals surface area contributed by atoms with Crippen molar-refractivity contribution in [3.05, 3.63) is 119 Å². The van der Waals surface area contributed by atoms with E-state index in [4.69, 9.17) is 4.98 Å². The van der Waals surface area contributed by atoms with Gasteiger partial charge >= 0.3 is 5.97 Å². The first-order chi connectivity index (χ1) is 19.3. The van der Waals surface area contributed by atoms with Gasteiger partial charge in [-0.25, -0.2) is 9.78 Å². The van der Waals surface area contributed by atoms with Gasteiger partial charge in [0.2, 0.25) is 11.3 Å². The molecule has 0 saturated heterocycles. The SMILES string of the molecule is C[C@H](NC(=O)c1cc(-c2ccccc2)nc(-c2ccccc2)c1)C(=O)Nc1ccc2[nH]cc(C(=O)O)c(=O)c2c1. The molecule has 0 unspecified atom stereocenters. The van der Waals surface area contributed by atoms with Crippen molar-refractivity contribution in [2.75, 3.05) is 5.32 Å². The summed E-state index contributed by atoms with van der Waals surface area (Å²) in [7, 11) is 0. The van der Waals surface area contributed by atoms with Crippen LogP contribution in [-0.4, -0.2) is 38.9 Å². The molecule has 5 aromatic rings. The van der Waals surface area contributed by atoms with Crippen LogP contribution in [0.25, 0.3) is 33.4 Å². The number of aromatic amines is 1. The summed E-state index contributed by atoms with van der Waals surface area (Å²) in [6.07, 6.45) is 1.13. The second-order valence-corrected chi connectivity index (χ2v) is 9.14. The first-order valence-electron chi connectivity index (χ1n) is 12.4. The van der Waals surface area contributed by atoms with Crippen molar-refractivity contribution >= 4 is 34.4 Å². The van der Waals surface area contributed by atoms with Gasteiger partial charge in [-0.1, -0.05) is 60.7 Å². The number of anilines is 1. The molecule has 1 atom stereocenters. The van der Waals surface area contributed by atoms with E-state index in [2.05, 4.69) is 15.6 Å². The van der Waals surface area contributed by atoms with Crippen molar-refractivity contribution < 1.29 is 19.5 Å². The number of amides is 2. The number of carboxylic acids is 1. The van der Waals surface area contributed by atoms with E-state index >= 15 is 0 Å². The Morgan fingerprint density at radius 1 is 0.850 bits per heavy atom. The second-order valence-electron chi connectivity index (χ2n) is 9.14. The van der Waals surface area contributed by atoms with Gasteiger partial charge in [-0.15, -0.1) is 0 Å². The standard InChI is InChI=1S/C31H24N4O5/c1-18(29(37)34-22-12-13-25-23(16-22)28(36)24(17-32-25)31(39)40)33-30(38)21-14-26(19-8-4-2-5-9-19)35-27(15-21)20-10-6-3-7-11-20/h2-18H,1H3,(H,32,36)(H,33,38)(H,34,37)(H,39,40)/t18-/m0/s1. The molecular formula is C31H24N4O5. The Bertz CT molecular complexity index is 1740. The number of H-pyrrole nitrogens is 1. The monoisotopic (exact) mass is 532 g/mol. The Hall–Kier alpha value is -5.57. The van der Waals surface area contributed by atoms with Crippen LogP contribution in [0.4, 0.5) is 5.69 Å². The number of benzene rings is 3. The zero-order chi connectivity index (χ0) is 28.2.